The van der Waals surface area contributed by atoms with Crippen LogP contribution in [-0.4, -0.2) is 16.4 Å². The maximum Gasteiger partial charge on any atom is 0.0850 e. The zero-order chi connectivity index (χ0) is 22.0. The predicted octanol–water partition coefficient (Wildman–Crippen LogP) is 8.59. The molecule has 0 amide bonds. The Morgan fingerprint density at radius 3 is 1.47 bits per heavy atom. The fourth-order valence-corrected chi connectivity index (χ4v) is 4.24. The third kappa shape index (κ3) is 5.22. The largest absolute Gasteiger partial charge is 0.250 e. The van der Waals surface area contributed by atoms with Gasteiger partial charge in [-0.1, -0.05) is 52.5 Å². The van der Waals surface area contributed by atoms with Crippen LogP contribution in [0.2, 0.25) is 20.1 Å². The minimum atomic E-state index is 0.501. The van der Waals surface area contributed by atoms with Crippen molar-refractivity contribution >= 4 is 69.2 Å². The topological polar surface area (TPSA) is 37.6 Å². The Kier molecular flexibility index (Phi) is 7.20. The molecule has 0 bridgehead atoms. The van der Waals surface area contributed by atoms with Crippen LogP contribution in [0.25, 0.3) is 0 Å². The Hall–Kier alpha value is -1.91. The van der Waals surface area contributed by atoms with Crippen molar-refractivity contribution in [2.24, 2.45) is 9.98 Å². The molecule has 3 rings (SSSR count). The molecule has 1 aromatic heterocycles. The maximum atomic E-state index is 6.33. The van der Waals surface area contributed by atoms with Gasteiger partial charge in [-0.05, 0) is 75.2 Å². The molecule has 1 heterocycles. The molecule has 0 aliphatic rings. The Labute approximate surface area is 196 Å². The van der Waals surface area contributed by atoms with Crippen LogP contribution in [0.5, 0.6) is 0 Å². The van der Waals surface area contributed by atoms with E-state index in [0.29, 0.717) is 31.5 Å². The van der Waals surface area contributed by atoms with Gasteiger partial charge in [-0.25, -0.2) is 15.0 Å². The first-order chi connectivity index (χ1) is 14.2. The molecule has 0 saturated carbocycles. The van der Waals surface area contributed by atoms with E-state index in [0.717, 1.165) is 33.9 Å². The molecule has 0 unspecified atom stereocenters. The fraction of sp³-hybridized carbons (Fsp3) is 0.174. The van der Waals surface area contributed by atoms with Gasteiger partial charge in [-0.3, -0.25) is 0 Å². The Balaban J connectivity index is 1.99. The summed E-state index contributed by atoms with van der Waals surface area (Å²) in [6, 6.07) is 12.7. The zero-order valence-electron chi connectivity index (χ0n) is 16.9. The Bertz CT molecular complexity index is 1050. The van der Waals surface area contributed by atoms with Crippen LogP contribution >= 0.6 is 46.4 Å². The predicted molar refractivity (Wildman–Crippen MR) is 130 cm³/mol. The average molecular weight is 479 g/mol. The molecule has 3 nitrogen and oxygen atoms in total. The molecule has 0 aliphatic heterocycles. The molecule has 2 aromatic carbocycles. The van der Waals surface area contributed by atoms with Crippen molar-refractivity contribution in [2.75, 3.05) is 0 Å². The van der Waals surface area contributed by atoms with E-state index in [-0.39, 0.29) is 0 Å². The highest BCUT2D eigenvalue weighted by Gasteiger charge is 2.10. The van der Waals surface area contributed by atoms with Crippen LogP contribution in [-0.2, 0) is 0 Å². The fourth-order valence-electron chi connectivity index (χ4n) is 2.96. The highest BCUT2D eigenvalue weighted by molar-refractivity contribution is 6.37. The van der Waals surface area contributed by atoms with Crippen LogP contribution in [0.1, 0.15) is 36.4 Å². The number of benzene rings is 2. The molecule has 3 aromatic rings. The maximum absolute atomic E-state index is 6.33. The summed E-state index contributed by atoms with van der Waals surface area (Å²) in [5, 5.41) is 2.16. The SMILES string of the molecule is C/C(=N\c1c(C)cc(Cl)cc1Cl)c1cccc(/C(C)=N/c2c(C)cc(Cl)cc2Cl)n1. The lowest BCUT2D eigenvalue weighted by Crippen LogP contribution is -2.05. The van der Waals surface area contributed by atoms with Crippen LogP contribution in [0.4, 0.5) is 11.4 Å². The van der Waals surface area contributed by atoms with Crippen molar-refractivity contribution in [1.29, 1.82) is 0 Å². The van der Waals surface area contributed by atoms with Gasteiger partial charge in [0, 0.05) is 10.0 Å². The summed E-state index contributed by atoms with van der Waals surface area (Å²) >= 11 is 24.8. The summed E-state index contributed by atoms with van der Waals surface area (Å²) in [4.78, 5) is 14.1. The van der Waals surface area contributed by atoms with E-state index in [1.807, 2.05) is 58.0 Å². The van der Waals surface area contributed by atoms with Crippen molar-refractivity contribution in [3.63, 3.8) is 0 Å². The number of hydrogen-bond acceptors (Lipinski definition) is 3. The second-order valence-electron chi connectivity index (χ2n) is 6.91. The molecular weight excluding hydrogens is 460 g/mol. The lowest BCUT2D eigenvalue weighted by atomic mass is 10.1. The van der Waals surface area contributed by atoms with E-state index in [2.05, 4.69) is 9.98 Å². The van der Waals surface area contributed by atoms with Crippen LogP contribution in [0.15, 0.2) is 52.4 Å². The smallest absolute Gasteiger partial charge is 0.0850 e. The normalized spacial score (nSPS) is 12.4. The number of nitrogens with zero attached hydrogens (tertiary/aromatic N) is 3. The van der Waals surface area contributed by atoms with E-state index in [9.17, 15) is 0 Å². The minimum Gasteiger partial charge on any atom is -0.250 e. The van der Waals surface area contributed by atoms with Gasteiger partial charge in [0.05, 0.1) is 44.2 Å². The molecule has 0 fully saturated rings. The second kappa shape index (κ2) is 9.49. The number of hydrogen-bond donors (Lipinski definition) is 0. The average Bonchev–Trinajstić information content (AvgIpc) is 2.67. The molecule has 154 valence electrons. The first-order valence-electron chi connectivity index (χ1n) is 9.15. The summed E-state index contributed by atoms with van der Waals surface area (Å²) in [5.41, 5.74) is 6.08. The summed E-state index contributed by atoms with van der Waals surface area (Å²) in [6.07, 6.45) is 0. The number of aromatic nitrogens is 1. The van der Waals surface area contributed by atoms with Crippen LogP contribution in [0.3, 0.4) is 0 Å². The Morgan fingerprint density at radius 2 is 1.10 bits per heavy atom. The van der Waals surface area contributed by atoms with Gasteiger partial charge < -0.3 is 0 Å². The highest BCUT2D eigenvalue weighted by atomic mass is 35.5. The van der Waals surface area contributed by atoms with Gasteiger partial charge in [-0.2, -0.15) is 0 Å². The molecule has 0 radical (unpaired) electrons. The molecule has 0 saturated heterocycles. The van der Waals surface area contributed by atoms with Gasteiger partial charge in [0.25, 0.3) is 0 Å². The second-order valence-corrected chi connectivity index (χ2v) is 8.60. The van der Waals surface area contributed by atoms with Crippen LogP contribution < -0.4 is 0 Å². The van der Waals surface area contributed by atoms with E-state index in [1.54, 1.807) is 12.1 Å². The molecule has 0 N–H and O–H groups in total. The first kappa shape index (κ1) is 22.8. The quantitative estimate of drug-likeness (QED) is 0.346. The van der Waals surface area contributed by atoms with Crippen LogP contribution in [0, 0.1) is 13.8 Å². The van der Waals surface area contributed by atoms with Gasteiger partial charge >= 0.3 is 0 Å². The molecule has 0 spiro atoms. The van der Waals surface area contributed by atoms with Crippen molar-refractivity contribution in [3.05, 3.63) is 85.1 Å². The third-order valence-corrected chi connectivity index (χ3v) is 5.50. The van der Waals surface area contributed by atoms with E-state index in [1.165, 1.54) is 0 Å². The molecule has 0 aliphatic carbocycles. The number of aliphatic imine (C=N–C) groups is 2. The van der Waals surface area contributed by atoms with E-state index >= 15 is 0 Å². The van der Waals surface area contributed by atoms with Gasteiger partial charge in [0.15, 0.2) is 0 Å². The van der Waals surface area contributed by atoms with Gasteiger partial charge in [-0.15, -0.1) is 0 Å². The zero-order valence-corrected chi connectivity index (χ0v) is 19.9. The monoisotopic (exact) mass is 477 g/mol. The molecular formula is C23H19Cl4N3. The third-order valence-electron chi connectivity index (χ3n) is 4.49. The van der Waals surface area contributed by atoms with Gasteiger partial charge in [0.1, 0.15) is 0 Å². The van der Waals surface area contributed by atoms with E-state index < -0.39 is 0 Å². The molecule has 0 atom stereocenters. The standard InChI is InChI=1S/C23H19Cl4N3/c1-12-8-16(24)10-18(26)22(12)28-14(3)20-6-5-7-21(30-20)15(4)29-23-13(2)9-17(25)11-19(23)27/h5-11H,1-4H3/b28-14+,29-15+. The summed E-state index contributed by atoms with van der Waals surface area (Å²) in [5.74, 6) is 0. The molecule has 30 heavy (non-hydrogen) atoms. The number of aryl methyl sites for hydroxylation is 2. The lowest BCUT2D eigenvalue weighted by molar-refractivity contribution is 1.23. The number of halogens is 4. The number of rotatable bonds is 4. The van der Waals surface area contributed by atoms with E-state index in [4.69, 9.17) is 51.4 Å². The van der Waals surface area contributed by atoms with Crippen molar-refractivity contribution in [2.45, 2.75) is 27.7 Å². The highest BCUT2D eigenvalue weighted by Crippen LogP contribution is 2.33. The lowest BCUT2D eigenvalue weighted by Gasteiger charge is -2.09. The first-order valence-corrected chi connectivity index (χ1v) is 10.7. The van der Waals surface area contributed by atoms with Crippen molar-refractivity contribution < 1.29 is 0 Å². The van der Waals surface area contributed by atoms with Gasteiger partial charge in [0.2, 0.25) is 0 Å². The summed E-state index contributed by atoms with van der Waals surface area (Å²) in [6.45, 7) is 7.62. The minimum absolute atomic E-state index is 0.501. The summed E-state index contributed by atoms with van der Waals surface area (Å²) in [7, 11) is 0. The summed E-state index contributed by atoms with van der Waals surface area (Å²) < 4.78 is 0. The Morgan fingerprint density at radius 1 is 0.700 bits per heavy atom. The van der Waals surface area contributed by atoms with Crippen molar-refractivity contribution in [1.82, 2.24) is 4.98 Å². The van der Waals surface area contributed by atoms with Crippen molar-refractivity contribution in [3.8, 4) is 0 Å². The number of pyridine rings is 1. The molecule has 7 heteroatoms.